The van der Waals surface area contributed by atoms with E-state index in [4.69, 9.17) is 0 Å². The van der Waals surface area contributed by atoms with Crippen LogP contribution < -0.4 is 0 Å². The van der Waals surface area contributed by atoms with Crippen molar-refractivity contribution >= 4 is 15.9 Å². The summed E-state index contributed by atoms with van der Waals surface area (Å²) in [5.74, 6) is -1.44. The minimum absolute atomic E-state index is 0.156. The highest BCUT2D eigenvalue weighted by atomic mass is 79.9. The topological polar surface area (TPSA) is 38.0 Å². The van der Waals surface area contributed by atoms with Gasteiger partial charge in [0.15, 0.2) is 0 Å². The third-order valence-electron chi connectivity index (χ3n) is 2.59. The third kappa shape index (κ3) is 2.44. The molecule has 6 heteroatoms. The molecule has 1 aromatic heterocycles. The molecule has 2 aromatic rings. The summed E-state index contributed by atoms with van der Waals surface area (Å²) in [4.78, 5) is 0. The quantitative estimate of drug-likeness (QED) is 0.945. The predicted molar refractivity (Wildman–Crippen MR) is 66.0 cm³/mol. The van der Waals surface area contributed by atoms with Crippen LogP contribution in [0.1, 0.15) is 24.3 Å². The Labute approximate surface area is 111 Å². The Balaban J connectivity index is 2.47. The monoisotopic (exact) mass is 316 g/mol. The number of aromatic nitrogens is 2. The number of aliphatic hydroxyl groups excluding tert-OH is 1. The minimum atomic E-state index is -1.13. The number of nitrogens with zero attached hydrogens (tertiary/aromatic N) is 2. The van der Waals surface area contributed by atoms with Crippen LogP contribution in [0.3, 0.4) is 0 Å². The first kappa shape index (κ1) is 13.2. The first-order chi connectivity index (χ1) is 8.52. The predicted octanol–water partition coefficient (Wildman–Crippen LogP) is 3.03. The molecule has 0 aliphatic heterocycles. The molecule has 1 aromatic carbocycles. The van der Waals surface area contributed by atoms with Gasteiger partial charge in [0.1, 0.15) is 17.7 Å². The largest absolute Gasteiger partial charge is 0.382 e. The van der Waals surface area contributed by atoms with E-state index in [0.29, 0.717) is 16.7 Å². The van der Waals surface area contributed by atoms with E-state index in [1.165, 1.54) is 6.20 Å². The number of hydrogen-bond donors (Lipinski definition) is 1. The van der Waals surface area contributed by atoms with Gasteiger partial charge in [-0.1, -0.05) is 0 Å². The molecule has 0 radical (unpaired) electrons. The highest BCUT2D eigenvalue weighted by molar-refractivity contribution is 9.10. The van der Waals surface area contributed by atoms with Crippen molar-refractivity contribution < 1.29 is 13.9 Å². The van der Waals surface area contributed by atoms with Gasteiger partial charge < -0.3 is 5.11 Å². The average molecular weight is 317 g/mol. The zero-order chi connectivity index (χ0) is 13.3. The summed E-state index contributed by atoms with van der Waals surface area (Å²) in [5, 5.41) is 14.2. The molecule has 0 amide bonds. The van der Waals surface area contributed by atoms with Crippen molar-refractivity contribution in [2.45, 2.75) is 19.6 Å². The first-order valence-corrected chi connectivity index (χ1v) is 6.17. The van der Waals surface area contributed by atoms with E-state index >= 15 is 0 Å². The summed E-state index contributed by atoms with van der Waals surface area (Å²) in [6.45, 7) is 2.41. The van der Waals surface area contributed by atoms with E-state index < -0.39 is 17.7 Å². The van der Waals surface area contributed by atoms with Crippen LogP contribution in [0, 0.1) is 11.6 Å². The van der Waals surface area contributed by atoms with Crippen LogP contribution in [0.25, 0.3) is 0 Å². The van der Waals surface area contributed by atoms with Gasteiger partial charge in [0.25, 0.3) is 0 Å². The van der Waals surface area contributed by atoms with Gasteiger partial charge in [0.05, 0.1) is 16.4 Å². The second-order valence-corrected chi connectivity index (χ2v) is 4.65. The molecule has 0 saturated heterocycles. The molecule has 18 heavy (non-hydrogen) atoms. The standard InChI is InChI=1S/C12H11BrF2N2O/c1-2-17-11(10(13)6-16-17)12(18)7-3-8(14)5-9(15)4-7/h3-6,12,18H,2H2,1H3. The van der Waals surface area contributed by atoms with Crippen molar-refractivity contribution in [1.29, 1.82) is 0 Å². The van der Waals surface area contributed by atoms with E-state index in [1.807, 2.05) is 6.92 Å². The minimum Gasteiger partial charge on any atom is -0.382 e. The van der Waals surface area contributed by atoms with Gasteiger partial charge in [-0.15, -0.1) is 0 Å². The maximum atomic E-state index is 13.1. The molecular formula is C12H11BrF2N2O. The summed E-state index contributed by atoms with van der Waals surface area (Å²) >= 11 is 3.26. The molecule has 0 aliphatic rings. The van der Waals surface area contributed by atoms with Crippen molar-refractivity contribution in [3.8, 4) is 0 Å². The lowest BCUT2D eigenvalue weighted by Gasteiger charge is -2.14. The van der Waals surface area contributed by atoms with Crippen LogP contribution in [0.15, 0.2) is 28.9 Å². The summed E-state index contributed by atoms with van der Waals surface area (Å²) in [6, 6.07) is 2.97. The van der Waals surface area contributed by atoms with Crippen LogP contribution in [-0.2, 0) is 6.54 Å². The Morgan fingerprint density at radius 3 is 2.50 bits per heavy atom. The molecule has 0 fully saturated rings. The van der Waals surface area contributed by atoms with E-state index in [9.17, 15) is 13.9 Å². The molecule has 1 atom stereocenters. The smallest absolute Gasteiger partial charge is 0.126 e. The number of hydrogen-bond acceptors (Lipinski definition) is 2. The van der Waals surface area contributed by atoms with E-state index in [-0.39, 0.29) is 5.56 Å². The SMILES string of the molecule is CCn1ncc(Br)c1C(O)c1cc(F)cc(F)c1. The average Bonchev–Trinajstić information content (AvgIpc) is 2.68. The third-order valence-corrected chi connectivity index (χ3v) is 3.20. The van der Waals surface area contributed by atoms with Gasteiger partial charge >= 0.3 is 0 Å². The maximum Gasteiger partial charge on any atom is 0.126 e. The maximum absolute atomic E-state index is 13.1. The fraction of sp³-hybridized carbons (Fsp3) is 0.250. The number of benzene rings is 1. The lowest BCUT2D eigenvalue weighted by molar-refractivity contribution is 0.206. The molecule has 1 N–H and O–H groups in total. The van der Waals surface area contributed by atoms with E-state index in [2.05, 4.69) is 21.0 Å². The molecule has 0 aliphatic carbocycles. The summed E-state index contributed by atoms with van der Waals surface area (Å²) in [7, 11) is 0. The second-order valence-electron chi connectivity index (χ2n) is 3.80. The van der Waals surface area contributed by atoms with Crippen molar-refractivity contribution in [2.75, 3.05) is 0 Å². The van der Waals surface area contributed by atoms with Crippen LogP contribution in [-0.4, -0.2) is 14.9 Å². The Morgan fingerprint density at radius 1 is 1.33 bits per heavy atom. The first-order valence-electron chi connectivity index (χ1n) is 5.38. The number of rotatable bonds is 3. The molecule has 0 spiro atoms. The molecule has 0 saturated carbocycles. The number of halogens is 3. The fourth-order valence-electron chi connectivity index (χ4n) is 1.79. The highest BCUT2D eigenvalue weighted by Crippen LogP contribution is 2.29. The van der Waals surface area contributed by atoms with Crippen LogP contribution in [0.5, 0.6) is 0 Å². The highest BCUT2D eigenvalue weighted by Gasteiger charge is 2.20. The van der Waals surface area contributed by atoms with Crippen LogP contribution >= 0.6 is 15.9 Å². The van der Waals surface area contributed by atoms with Crippen molar-refractivity contribution in [1.82, 2.24) is 9.78 Å². The Kier molecular flexibility index (Phi) is 3.77. The molecule has 3 nitrogen and oxygen atoms in total. The van der Waals surface area contributed by atoms with Gasteiger partial charge in [-0.25, -0.2) is 8.78 Å². The fourth-order valence-corrected chi connectivity index (χ4v) is 2.30. The Bertz CT molecular complexity index is 551. The Hall–Kier alpha value is -1.27. The number of aliphatic hydroxyl groups is 1. The molecule has 96 valence electrons. The molecular weight excluding hydrogens is 306 g/mol. The van der Waals surface area contributed by atoms with Crippen molar-refractivity contribution in [3.63, 3.8) is 0 Å². The van der Waals surface area contributed by atoms with Crippen molar-refractivity contribution in [2.24, 2.45) is 0 Å². The Morgan fingerprint density at radius 2 is 1.94 bits per heavy atom. The van der Waals surface area contributed by atoms with Crippen molar-refractivity contribution in [3.05, 3.63) is 51.8 Å². The van der Waals surface area contributed by atoms with E-state index in [0.717, 1.165) is 18.2 Å². The number of aryl methyl sites for hydroxylation is 1. The van der Waals surface area contributed by atoms with Crippen LogP contribution in [0.2, 0.25) is 0 Å². The van der Waals surface area contributed by atoms with Gasteiger partial charge in [-0.3, -0.25) is 4.68 Å². The summed E-state index contributed by atoms with van der Waals surface area (Å²) < 4.78 is 28.4. The van der Waals surface area contributed by atoms with Gasteiger partial charge in [0.2, 0.25) is 0 Å². The van der Waals surface area contributed by atoms with Gasteiger partial charge in [-0.05, 0) is 40.5 Å². The second kappa shape index (κ2) is 5.16. The zero-order valence-corrected chi connectivity index (χ0v) is 11.2. The normalized spacial score (nSPS) is 12.7. The molecule has 1 heterocycles. The van der Waals surface area contributed by atoms with Gasteiger partial charge in [-0.2, -0.15) is 5.10 Å². The van der Waals surface area contributed by atoms with E-state index in [1.54, 1.807) is 4.68 Å². The molecule has 1 unspecified atom stereocenters. The molecule has 2 rings (SSSR count). The van der Waals surface area contributed by atoms with Gasteiger partial charge in [0, 0.05) is 12.6 Å². The van der Waals surface area contributed by atoms with Crippen LogP contribution in [0.4, 0.5) is 8.78 Å². The lowest BCUT2D eigenvalue weighted by atomic mass is 10.1. The molecule has 0 bridgehead atoms. The summed E-state index contributed by atoms with van der Waals surface area (Å²) in [6.07, 6.45) is 0.407. The zero-order valence-electron chi connectivity index (χ0n) is 9.57. The summed E-state index contributed by atoms with van der Waals surface area (Å²) in [5.41, 5.74) is 0.630. The lowest BCUT2D eigenvalue weighted by Crippen LogP contribution is -2.10.